The molecule has 0 aromatic rings. The number of carbonyl (C=O) groups excluding carboxylic acids is 2. The first-order valence-electron chi connectivity index (χ1n) is 7.95. The van der Waals surface area contributed by atoms with E-state index in [0.717, 1.165) is 12.8 Å². The average Bonchev–Trinajstić information content (AvgIpc) is 2.40. The Morgan fingerprint density at radius 1 is 1.16 bits per heavy atom. The van der Waals surface area contributed by atoms with Crippen LogP contribution >= 0.6 is 0 Å². The van der Waals surface area contributed by atoms with Gasteiger partial charge in [-0.05, 0) is 6.42 Å². The summed E-state index contributed by atoms with van der Waals surface area (Å²) in [7, 11) is 0. The van der Waals surface area contributed by atoms with E-state index in [1.807, 2.05) is 11.8 Å². The van der Waals surface area contributed by atoms with Gasteiger partial charge in [0.25, 0.3) is 0 Å². The van der Waals surface area contributed by atoms with Crippen molar-refractivity contribution in [2.75, 3.05) is 13.1 Å². The molecule has 1 atom stereocenters. The SMILES string of the molecule is CCCCCCCCCC(=O)N1CCC(=O)C(C)C1. The van der Waals surface area contributed by atoms with E-state index in [1.165, 1.54) is 32.1 Å². The summed E-state index contributed by atoms with van der Waals surface area (Å²) < 4.78 is 0. The Morgan fingerprint density at radius 2 is 1.79 bits per heavy atom. The van der Waals surface area contributed by atoms with Gasteiger partial charge in [-0.2, -0.15) is 0 Å². The van der Waals surface area contributed by atoms with Gasteiger partial charge in [-0.15, -0.1) is 0 Å². The molecule has 1 unspecified atom stereocenters. The lowest BCUT2D eigenvalue weighted by atomic mass is 9.98. The smallest absolute Gasteiger partial charge is 0.222 e. The number of likely N-dealkylation sites (tertiary alicyclic amines) is 1. The summed E-state index contributed by atoms with van der Waals surface area (Å²) in [4.78, 5) is 25.3. The number of rotatable bonds is 8. The molecule has 1 aliphatic heterocycles. The number of ketones is 1. The Labute approximate surface area is 117 Å². The number of unbranched alkanes of at least 4 members (excludes halogenated alkanes) is 6. The van der Waals surface area contributed by atoms with E-state index in [2.05, 4.69) is 6.92 Å². The maximum absolute atomic E-state index is 12.0. The van der Waals surface area contributed by atoms with E-state index < -0.39 is 0 Å². The molecule has 19 heavy (non-hydrogen) atoms. The van der Waals surface area contributed by atoms with E-state index in [1.54, 1.807) is 0 Å². The van der Waals surface area contributed by atoms with Crippen LogP contribution in [0.2, 0.25) is 0 Å². The fourth-order valence-corrected chi connectivity index (χ4v) is 2.63. The van der Waals surface area contributed by atoms with Crippen LogP contribution in [0.4, 0.5) is 0 Å². The Morgan fingerprint density at radius 3 is 2.42 bits per heavy atom. The van der Waals surface area contributed by atoms with Crippen LogP contribution in [0.3, 0.4) is 0 Å². The lowest BCUT2D eigenvalue weighted by molar-refractivity contribution is -0.136. The maximum Gasteiger partial charge on any atom is 0.222 e. The van der Waals surface area contributed by atoms with Gasteiger partial charge in [0, 0.05) is 31.8 Å². The highest BCUT2D eigenvalue weighted by Crippen LogP contribution is 2.15. The second kappa shape index (κ2) is 9.11. The van der Waals surface area contributed by atoms with Crippen LogP contribution in [-0.2, 0) is 9.59 Å². The standard InChI is InChI=1S/C16H29NO2/c1-3-4-5-6-7-8-9-10-16(19)17-12-11-15(18)14(2)13-17/h14H,3-13H2,1-2H3. The van der Waals surface area contributed by atoms with E-state index in [4.69, 9.17) is 0 Å². The normalized spacial score (nSPS) is 19.8. The number of amides is 1. The quantitative estimate of drug-likeness (QED) is 0.631. The highest BCUT2D eigenvalue weighted by Gasteiger charge is 2.25. The van der Waals surface area contributed by atoms with Crippen LogP contribution in [0.25, 0.3) is 0 Å². The number of carbonyl (C=O) groups is 2. The zero-order valence-electron chi connectivity index (χ0n) is 12.6. The minimum Gasteiger partial charge on any atom is -0.342 e. The number of nitrogens with zero attached hydrogens (tertiary/aromatic N) is 1. The van der Waals surface area contributed by atoms with E-state index in [-0.39, 0.29) is 11.8 Å². The molecule has 0 radical (unpaired) electrons. The molecule has 0 bridgehead atoms. The van der Waals surface area contributed by atoms with Crippen molar-refractivity contribution >= 4 is 11.7 Å². The van der Waals surface area contributed by atoms with Crippen LogP contribution in [0.5, 0.6) is 0 Å². The molecule has 110 valence electrons. The van der Waals surface area contributed by atoms with Gasteiger partial charge in [0.05, 0.1) is 0 Å². The summed E-state index contributed by atoms with van der Waals surface area (Å²) in [6.07, 6.45) is 9.87. The van der Waals surface area contributed by atoms with Crippen molar-refractivity contribution in [3.05, 3.63) is 0 Å². The van der Waals surface area contributed by atoms with Crippen molar-refractivity contribution < 1.29 is 9.59 Å². The van der Waals surface area contributed by atoms with Gasteiger partial charge in [0.2, 0.25) is 5.91 Å². The predicted octanol–water partition coefficient (Wildman–Crippen LogP) is 3.56. The van der Waals surface area contributed by atoms with Gasteiger partial charge in [-0.3, -0.25) is 9.59 Å². The molecule has 0 N–H and O–H groups in total. The molecular formula is C16H29NO2. The Balaban J connectivity index is 2.06. The molecule has 1 fully saturated rings. The maximum atomic E-state index is 12.0. The van der Waals surface area contributed by atoms with Gasteiger partial charge >= 0.3 is 0 Å². The predicted molar refractivity (Wildman–Crippen MR) is 78.0 cm³/mol. The van der Waals surface area contributed by atoms with Crippen molar-refractivity contribution in [3.8, 4) is 0 Å². The van der Waals surface area contributed by atoms with Crippen molar-refractivity contribution in [1.82, 2.24) is 4.90 Å². The average molecular weight is 267 g/mol. The van der Waals surface area contributed by atoms with Gasteiger partial charge in [0.15, 0.2) is 0 Å². The molecule has 1 amide bonds. The topological polar surface area (TPSA) is 37.4 Å². The van der Waals surface area contributed by atoms with Crippen molar-refractivity contribution in [3.63, 3.8) is 0 Å². The Bertz CT molecular complexity index is 288. The lowest BCUT2D eigenvalue weighted by Crippen LogP contribution is -2.43. The van der Waals surface area contributed by atoms with Crippen LogP contribution in [0.1, 0.15) is 71.6 Å². The molecule has 0 aromatic carbocycles. The monoisotopic (exact) mass is 267 g/mol. The number of piperidine rings is 1. The summed E-state index contributed by atoms with van der Waals surface area (Å²) in [5, 5.41) is 0. The fourth-order valence-electron chi connectivity index (χ4n) is 2.63. The highest BCUT2D eigenvalue weighted by atomic mass is 16.2. The molecule has 1 aliphatic rings. The van der Waals surface area contributed by atoms with E-state index in [9.17, 15) is 9.59 Å². The zero-order chi connectivity index (χ0) is 14.1. The summed E-state index contributed by atoms with van der Waals surface area (Å²) in [5.41, 5.74) is 0. The molecule has 0 saturated carbocycles. The van der Waals surface area contributed by atoms with E-state index >= 15 is 0 Å². The van der Waals surface area contributed by atoms with Crippen LogP contribution in [0.15, 0.2) is 0 Å². The largest absolute Gasteiger partial charge is 0.342 e. The van der Waals surface area contributed by atoms with Crippen LogP contribution in [0, 0.1) is 5.92 Å². The molecule has 1 rings (SSSR count). The number of hydrogen-bond donors (Lipinski definition) is 0. The third-order valence-corrected chi connectivity index (χ3v) is 4.02. The van der Waals surface area contributed by atoms with Crippen LogP contribution < -0.4 is 0 Å². The second-order valence-electron chi connectivity index (χ2n) is 5.83. The lowest BCUT2D eigenvalue weighted by Gasteiger charge is -2.30. The van der Waals surface area contributed by atoms with Gasteiger partial charge in [-0.25, -0.2) is 0 Å². The first-order chi connectivity index (χ1) is 9.15. The summed E-state index contributed by atoms with van der Waals surface area (Å²) in [5.74, 6) is 0.583. The van der Waals surface area contributed by atoms with Crippen molar-refractivity contribution in [2.24, 2.45) is 5.92 Å². The Hall–Kier alpha value is -0.860. The minimum absolute atomic E-state index is 0.0340. The third kappa shape index (κ3) is 6.22. The molecule has 0 aliphatic carbocycles. The number of Topliss-reactive ketones (excluding diaryl/α,β-unsaturated/α-hetero) is 1. The molecular weight excluding hydrogens is 238 g/mol. The summed E-state index contributed by atoms with van der Waals surface area (Å²) in [6, 6.07) is 0. The number of hydrogen-bond acceptors (Lipinski definition) is 2. The summed E-state index contributed by atoms with van der Waals surface area (Å²) >= 11 is 0. The fraction of sp³-hybridized carbons (Fsp3) is 0.875. The molecule has 0 aromatic heterocycles. The van der Waals surface area contributed by atoms with Crippen molar-refractivity contribution in [2.45, 2.75) is 71.6 Å². The first-order valence-corrected chi connectivity index (χ1v) is 7.95. The molecule has 1 heterocycles. The molecule has 3 nitrogen and oxygen atoms in total. The second-order valence-corrected chi connectivity index (χ2v) is 5.83. The van der Waals surface area contributed by atoms with Crippen LogP contribution in [-0.4, -0.2) is 29.7 Å². The van der Waals surface area contributed by atoms with E-state index in [0.29, 0.717) is 31.7 Å². The molecule has 1 saturated heterocycles. The minimum atomic E-state index is 0.0340. The molecule has 0 spiro atoms. The zero-order valence-corrected chi connectivity index (χ0v) is 12.6. The third-order valence-electron chi connectivity index (χ3n) is 4.02. The van der Waals surface area contributed by atoms with Gasteiger partial charge in [0.1, 0.15) is 5.78 Å². The van der Waals surface area contributed by atoms with Crippen molar-refractivity contribution in [1.29, 1.82) is 0 Å². The van der Waals surface area contributed by atoms with Gasteiger partial charge < -0.3 is 4.90 Å². The molecule has 3 heteroatoms. The van der Waals surface area contributed by atoms with Gasteiger partial charge in [-0.1, -0.05) is 52.4 Å². The Kier molecular flexibility index (Phi) is 7.76. The highest BCUT2D eigenvalue weighted by molar-refractivity contribution is 5.85. The first kappa shape index (κ1) is 16.2. The summed E-state index contributed by atoms with van der Waals surface area (Å²) in [6.45, 7) is 5.42.